The number of hydrogen-bond donors (Lipinski definition) is 0. The number of amides is 2. The van der Waals surface area contributed by atoms with Crippen LogP contribution in [-0.4, -0.2) is 53.8 Å². The Morgan fingerprint density at radius 3 is 2.45 bits per heavy atom. The highest BCUT2D eigenvalue weighted by Crippen LogP contribution is 2.22. The third kappa shape index (κ3) is 5.44. The molecular formula is C22H26N2O4S. The number of carbonyl (C=O) groups is 3. The number of hydrogen-bond acceptors (Lipinski definition) is 5. The first kappa shape index (κ1) is 21.0. The Bertz CT molecular complexity index is 830. The molecule has 1 saturated heterocycles. The summed E-state index contributed by atoms with van der Waals surface area (Å²) in [6, 6.07) is 13.3. The third-order valence-corrected chi connectivity index (χ3v) is 5.98. The van der Waals surface area contributed by atoms with Crippen molar-refractivity contribution in [2.24, 2.45) is 5.92 Å². The highest BCUT2D eigenvalue weighted by atomic mass is 32.1. The van der Waals surface area contributed by atoms with E-state index in [-0.39, 0.29) is 23.7 Å². The summed E-state index contributed by atoms with van der Waals surface area (Å²) in [4.78, 5) is 41.5. The molecule has 0 radical (unpaired) electrons. The number of likely N-dealkylation sites (tertiary alicyclic amines) is 1. The molecule has 3 rings (SSSR count). The van der Waals surface area contributed by atoms with E-state index in [0.29, 0.717) is 37.4 Å². The molecule has 1 aromatic heterocycles. The van der Waals surface area contributed by atoms with E-state index >= 15 is 0 Å². The van der Waals surface area contributed by atoms with Gasteiger partial charge in [-0.05, 0) is 36.8 Å². The summed E-state index contributed by atoms with van der Waals surface area (Å²) < 4.78 is 5.45. The first-order valence-corrected chi connectivity index (χ1v) is 10.7. The van der Waals surface area contributed by atoms with Crippen LogP contribution >= 0.6 is 11.3 Å². The number of likely N-dealkylation sites (N-methyl/N-ethyl adjacent to an activating group) is 1. The second kappa shape index (κ2) is 9.69. The predicted molar refractivity (Wildman–Crippen MR) is 111 cm³/mol. The highest BCUT2D eigenvalue weighted by Gasteiger charge is 2.31. The molecule has 0 saturated carbocycles. The van der Waals surface area contributed by atoms with E-state index in [9.17, 15) is 14.4 Å². The fourth-order valence-electron chi connectivity index (χ4n) is 3.44. The highest BCUT2D eigenvalue weighted by molar-refractivity contribution is 7.12. The second-order valence-corrected chi connectivity index (χ2v) is 8.25. The average molecular weight is 415 g/mol. The van der Waals surface area contributed by atoms with Gasteiger partial charge in [-0.25, -0.2) is 0 Å². The lowest BCUT2D eigenvalue weighted by molar-refractivity contribution is -0.163. The number of piperidine rings is 1. The van der Waals surface area contributed by atoms with Gasteiger partial charge in [0, 0.05) is 26.7 Å². The van der Waals surface area contributed by atoms with Crippen LogP contribution in [0.25, 0.3) is 0 Å². The zero-order chi connectivity index (χ0) is 20.8. The van der Waals surface area contributed by atoms with E-state index in [2.05, 4.69) is 0 Å². The number of rotatable bonds is 6. The fraction of sp³-hybridized carbons (Fsp3) is 0.409. The lowest BCUT2D eigenvalue weighted by atomic mass is 9.97. The maximum atomic E-state index is 12.5. The molecule has 154 valence electrons. The van der Waals surface area contributed by atoms with Crippen LogP contribution in [-0.2, 0) is 20.9 Å². The summed E-state index contributed by atoms with van der Waals surface area (Å²) in [5.41, 5.74) is 1.02. The smallest absolute Gasteiger partial charge is 0.309 e. The molecule has 2 amide bonds. The Labute approximate surface area is 175 Å². The molecule has 6 nitrogen and oxygen atoms in total. The molecule has 1 aromatic carbocycles. The number of esters is 1. The SMILES string of the molecule is C[C@@H](OC(=O)C1CCN(C(=O)c2cccs2)CC1)C(=O)N(C)Cc1ccccc1. The van der Waals surface area contributed by atoms with Crippen molar-refractivity contribution in [3.8, 4) is 0 Å². The van der Waals surface area contributed by atoms with E-state index in [1.165, 1.54) is 11.3 Å². The summed E-state index contributed by atoms with van der Waals surface area (Å²) in [5.74, 6) is -0.857. The van der Waals surface area contributed by atoms with Crippen LogP contribution in [0.2, 0.25) is 0 Å². The first-order valence-electron chi connectivity index (χ1n) is 9.78. The molecule has 0 N–H and O–H groups in total. The molecule has 7 heteroatoms. The van der Waals surface area contributed by atoms with Gasteiger partial charge in [0.15, 0.2) is 6.10 Å². The van der Waals surface area contributed by atoms with Gasteiger partial charge in [-0.1, -0.05) is 36.4 Å². The Morgan fingerprint density at radius 1 is 1.14 bits per heavy atom. The lowest BCUT2D eigenvalue weighted by Gasteiger charge is -2.31. The standard InChI is InChI=1S/C22H26N2O4S/c1-16(20(25)23(2)15-17-7-4-3-5-8-17)28-22(27)18-10-12-24(13-11-18)21(26)19-9-6-14-29-19/h3-9,14,16,18H,10-13,15H2,1-2H3/t16-/m1/s1. The van der Waals surface area contributed by atoms with Crippen molar-refractivity contribution in [3.05, 3.63) is 58.3 Å². The van der Waals surface area contributed by atoms with Gasteiger partial charge >= 0.3 is 5.97 Å². The number of nitrogens with zero attached hydrogens (tertiary/aromatic N) is 2. The minimum atomic E-state index is -0.831. The maximum Gasteiger partial charge on any atom is 0.309 e. The van der Waals surface area contributed by atoms with Crippen LogP contribution < -0.4 is 0 Å². The number of ether oxygens (including phenoxy) is 1. The zero-order valence-electron chi connectivity index (χ0n) is 16.7. The first-order chi connectivity index (χ1) is 14.0. The summed E-state index contributed by atoms with van der Waals surface area (Å²) in [7, 11) is 1.70. The normalized spacial score (nSPS) is 15.6. The number of carbonyl (C=O) groups excluding carboxylic acids is 3. The molecule has 2 heterocycles. The maximum absolute atomic E-state index is 12.5. The molecule has 29 heavy (non-hydrogen) atoms. The van der Waals surface area contributed by atoms with Crippen molar-refractivity contribution in [1.82, 2.24) is 9.80 Å². The summed E-state index contributed by atoms with van der Waals surface area (Å²) in [6.45, 7) is 3.11. The van der Waals surface area contributed by atoms with Gasteiger partial charge in [0.2, 0.25) is 0 Å². The molecule has 2 aromatic rings. The quantitative estimate of drug-likeness (QED) is 0.681. The van der Waals surface area contributed by atoms with Crippen LogP contribution in [0.5, 0.6) is 0 Å². The summed E-state index contributed by atoms with van der Waals surface area (Å²) in [6.07, 6.45) is 0.273. The van der Waals surface area contributed by atoms with Gasteiger partial charge < -0.3 is 14.5 Å². The Balaban J connectivity index is 1.46. The van der Waals surface area contributed by atoms with Crippen molar-refractivity contribution in [1.29, 1.82) is 0 Å². The van der Waals surface area contributed by atoms with E-state index in [1.807, 2.05) is 47.8 Å². The van der Waals surface area contributed by atoms with Crippen molar-refractivity contribution >= 4 is 29.1 Å². The third-order valence-electron chi connectivity index (χ3n) is 5.13. The molecule has 0 bridgehead atoms. The molecule has 1 aliphatic rings. The predicted octanol–water partition coefficient (Wildman–Crippen LogP) is 3.19. The largest absolute Gasteiger partial charge is 0.452 e. The molecule has 0 spiro atoms. The minimum Gasteiger partial charge on any atom is -0.452 e. The topological polar surface area (TPSA) is 66.9 Å². The minimum absolute atomic E-state index is 0.0119. The van der Waals surface area contributed by atoms with Gasteiger partial charge in [-0.3, -0.25) is 14.4 Å². The van der Waals surface area contributed by atoms with Crippen LogP contribution in [0.1, 0.15) is 35.0 Å². The lowest BCUT2D eigenvalue weighted by Crippen LogP contribution is -2.42. The average Bonchev–Trinajstić information content (AvgIpc) is 3.28. The van der Waals surface area contributed by atoms with E-state index in [4.69, 9.17) is 4.74 Å². The van der Waals surface area contributed by atoms with Crippen LogP contribution in [0.15, 0.2) is 47.8 Å². The van der Waals surface area contributed by atoms with E-state index in [0.717, 1.165) is 5.56 Å². The van der Waals surface area contributed by atoms with Crippen molar-refractivity contribution in [2.45, 2.75) is 32.4 Å². The van der Waals surface area contributed by atoms with Gasteiger partial charge in [0.05, 0.1) is 10.8 Å². The van der Waals surface area contributed by atoms with Crippen molar-refractivity contribution in [2.75, 3.05) is 20.1 Å². The zero-order valence-corrected chi connectivity index (χ0v) is 17.6. The molecule has 1 fully saturated rings. The van der Waals surface area contributed by atoms with Gasteiger partial charge in [0.1, 0.15) is 0 Å². The Hall–Kier alpha value is -2.67. The molecule has 0 unspecified atom stereocenters. The van der Waals surface area contributed by atoms with Crippen LogP contribution in [0.3, 0.4) is 0 Å². The van der Waals surface area contributed by atoms with E-state index < -0.39 is 6.10 Å². The number of benzene rings is 1. The van der Waals surface area contributed by atoms with E-state index in [1.54, 1.807) is 23.8 Å². The Kier molecular flexibility index (Phi) is 7.04. The number of thiophene rings is 1. The summed E-state index contributed by atoms with van der Waals surface area (Å²) in [5, 5.41) is 1.88. The van der Waals surface area contributed by atoms with Crippen LogP contribution in [0.4, 0.5) is 0 Å². The summed E-state index contributed by atoms with van der Waals surface area (Å²) >= 11 is 1.42. The molecule has 1 aliphatic heterocycles. The van der Waals surface area contributed by atoms with Crippen LogP contribution in [0, 0.1) is 5.92 Å². The molecular weight excluding hydrogens is 388 g/mol. The van der Waals surface area contributed by atoms with Crippen molar-refractivity contribution in [3.63, 3.8) is 0 Å². The molecule has 0 aliphatic carbocycles. The van der Waals surface area contributed by atoms with Crippen molar-refractivity contribution < 1.29 is 19.1 Å². The second-order valence-electron chi connectivity index (χ2n) is 7.30. The van der Waals surface area contributed by atoms with Gasteiger partial charge in [-0.15, -0.1) is 11.3 Å². The fourth-order valence-corrected chi connectivity index (χ4v) is 4.13. The molecule has 1 atom stereocenters. The van der Waals surface area contributed by atoms with Gasteiger partial charge in [-0.2, -0.15) is 0 Å². The monoisotopic (exact) mass is 414 g/mol. The Morgan fingerprint density at radius 2 is 1.83 bits per heavy atom. The van der Waals surface area contributed by atoms with Gasteiger partial charge in [0.25, 0.3) is 11.8 Å².